The number of nitrogens with zero attached hydrogens (tertiary/aromatic N) is 1. The van der Waals surface area contributed by atoms with Gasteiger partial charge >= 0.3 is 0 Å². The Morgan fingerprint density at radius 3 is 2.39 bits per heavy atom. The summed E-state index contributed by atoms with van der Waals surface area (Å²) in [5.74, 6) is 0. The van der Waals surface area contributed by atoms with Gasteiger partial charge in [-0.05, 0) is 71.9 Å². The summed E-state index contributed by atoms with van der Waals surface area (Å²) in [6.45, 7) is 4.36. The van der Waals surface area contributed by atoms with E-state index in [0.717, 1.165) is 30.2 Å². The maximum absolute atomic E-state index is 3.61. The second-order valence-corrected chi connectivity index (χ2v) is 8.89. The molecular formula is C19H22Br3N. The smallest absolute Gasteiger partial charge is 0.0411 e. The van der Waals surface area contributed by atoms with Crippen molar-refractivity contribution in [2.24, 2.45) is 0 Å². The summed E-state index contributed by atoms with van der Waals surface area (Å²) in [5.41, 5.74) is 2.65. The van der Waals surface area contributed by atoms with Gasteiger partial charge in [0.15, 0.2) is 0 Å². The molecule has 4 heteroatoms. The third-order valence-corrected chi connectivity index (χ3v) is 5.51. The lowest BCUT2D eigenvalue weighted by Gasteiger charge is -2.36. The molecule has 0 aromatic heterocycles. The number of halogens is 3. The Hall–Kier alpha value is -0.320. The largest absolute Gasteiger partial charge is 0.342 e. The van der Waals surface area contributed by atoms with Crippen LogP contribution in [0.5, 0.6) is 0 Å². The lowest BCUT2D eigenvalue weighted by molar-refractivity contribution is 0.604. The first kappa shape index (κ1) is 19.0. The first-order valence-electron chi connectivity index (χ1n) is 7.93. The van der Waals surface area contributed by atoms with Gasteiger partial charge in [0.05, 0.1) is 0 Å². The Morgan fingerprint density at radius 2 is 1.87 bits per heavy atom. The fourth-order valence-electron chi connectivity index (χ4n) is 2.77. The molecule has 23 heavy (non-hydrogen) atoms. The van der Waals surface area contributed by atoms with Crippen LogP contribution in [-0.2, 0) is 0 Å². The van der Waals surface area contributed by atoms with E-state index in [0.29, 0.717) is 6.04 Å². The van der Waals surface area contributed by atoms with E-state index in [2.05, 4.69) is 109 Å². The normalized spacial score (nSPS) is 16.7. The van der Waals surface area contributed by atoms with Gasteiger partial charge in [-0.15, -0.1) is 0 Å². The highest BCUT2D eigenvalue weighted by Crippen LogP contribution is 2.33. The van der Waals surface area contributed by atoms with Gasteiger partial charge in [0.25, 0.3) is 0 Å². The van der Waals surface area contributed by atoms with E-state index < -0.39 is 0 Å². The molecule has 1 atom stereocenters. The fraction of sp³-hybridized carbons (Fsp3) is 0.368. The maximum Gasteiger partial charge on any atom is 0.0411 e. The molecule has 0 amide bonds. The molecule has 1 aromatic carbocycles. The molecule has 124 valence electrons. The predicted octanol–water partition coefficient (Wildman–Crippen LogP) is 7.68. The summed E-state index contributed by atoms with van der Waals surface area (Å²) in [6.07, 6.45) is 11.0. The number of anilines is 1. The highest BCUT2D eigenvalue weighted by molar-refractivity contribution is 9.12. The van der Waals surface area contributed by atoms with E-state index in [1.54, 1.807) is 0 Å². The minimum Gasteiger partial charge on any atom is -0.342 e. The molecule has 1 nitrogen and oxygen atoms in total. The molecule has 0 spiro atoms. The van der Waals surface area contributed by atoms with E-state index in [-0.39, 0.29) is 0 Å². The van der Waals surface area contributed by atoms with Crippen molar-refractivity contribution >= 4 is 53.5 Å². The minimum atomic E-state index is 0.459. The van der Waals surface area contributed by atoms with Crippen molar-refractivity contribution in [2.45, 2.75) is 45.6 Å². The highest BCUT2D eigenvalue weighted by atomic mass is 79.9. The van der Waals surface area contributed by atoms with Crippen LogP contribution in [0.1, 0.15) is 39.5 Å². The quantitative estimate of drug-likeness (QED) is 0.384. The Kier molecular flexibility index (Phi) is 7.64. The van der Waals surface area contributed by atoms with Crippen molar-refractivity contribution in [3.63, 3.8) is 0 Å². The van der Waals surface area contributed by atoms with Crippen LogP contribution >= 0.6 is 47.8 Å². The maximum atomic E-state index is 3.61. The summed E-state index contributed by atoms with van der Waals surface area (Å²) >= 11 is 10.7. The van der Waals surface area contributed by atoms with E-state index in [4.69, 9.17) is 0 Å². The molecule has 0 saturated carbocycles. The average molecular weight is 504 g/mol. The fourth-order valence-corrected chi connectivity index (χ4v) is 3.55. The summed E-state index contributed by atoms with van der Waals surface area (Å²) in [6, 6.07) is 9.10. The van der Waals surface area contributed by atoms with Gasteiger partial charge in [0.2, 0.25) is 0 Å². The van der Waals surface area contributed by atoms with Crippen LogP contribution < -0.4 is 4.90 Å². The minimum absolute atomic E-state index is 0.459. The topological polar surface area (TPSA) is 3.24 Å². The number of hydrogen-bond donors (Lipinski definition) is 0. The third kappa shape index (κ3) is 5.61. The number of hydrogen-bond acceptors (Lipinski definition) is 1. The monoisotopic (exact) mass is 501 g/mol. The lowest BCUT2D eigenvalue weighted by atomic mass is 10.0. The van der Waals surface area contributed by atoms with Crippen LogP contribution in [0, 0.1) is 0 Å². The molecule has 1 aliphatic carbocycles. The van der Waals surface area contributed by atoms with Crippen LogP contribution in [0.2, 0.25) is 0 Å². The van der Waals surface area contributed by atoms with Crippen molar-refractivity contribution in [1.29, 1.82) is 0 Å². The molecule has 0 heterocycles. The Bertz CT molecular complexity index is 610. The second kappa shape index (κ2) is 9.24. The lowest BCUT2D eigenvalue weighted by Crippen LogP contribution is -2.34. The third-order valence-electron chi connectivity index (χ3n) is 4.00. The standard InChI is InChI=1S/C19H22Br3N/c1-3-17(9-4-14(2)20)23(18-10-5-15(21)6-11-18)19-12-7-16(22)8-13-19/h4-7,10-12,17H,3,8-9,13H2,1-2H3/b14-4+. The molecule has 0 saturated heterocycles. The van der Waals surface area contributed by atoms with Crippen LogP contribution in [0.25, 0.3) is 0 Å². The molecule has 0 bridgehead atoms. The zero-order chi connectivity index (χ0) is 16.8. The van der Waals surface area contributed by atoms with Gasteiger partial charge in [-0.3, -0.25) is 0 Å². The van der Waals surface area contributed by atoms with Gasteiger partial charge in [-0.2, -0.15) is 0 Å². The summed E-state index contributed by atoms with van der Waals surface area (Å²) in [4.78, 5) is 2.51. The Labute approximate surface area is 164 Å². The molecule has 0 aliphatic heterocycles. The summed E-state index contributed by atoms with van der Waals surface area (Å²) in [5, 5.41) is 0. The van der Waals surface area contributed by atoms with Crippen molar-refractivity contribution in [1.82, 2.24) is 0 Å². The van der Waals surface area contributed by atoms with Crippen molar-refractivity contribution in [3.05, 3.63) is 61.6 Å². The van der Waals surface area contributed by atoms with E-state index in [9.17, 15) is 0 Å². The molecule has 0 radical (unpaired) electrons. The van der Waals surface area contributed by atoms with Crippen molar-refractivity contribution in [3.8, 4) is 0 Å². The van der Waals surface area contributed by atoms with Gasteiger partial charge in [0.1, 0.15) is 0 Å². The molecule has 0 fully saturated rings. The number of benzene rings is 1. The molecule has 0 N–H and O–H groups in total. The van der Waals surface area contributed by atoms with E-state index >= 15 is 0 Å². The second-order valence-electron chi connectivity index (χ2n) is 5.71. The first-order valence-corrected chi connectivity index (χ1v) is 10.3. The highest BCUT2D eigenvalue weighted by Gasteiger charge is 2.21. The van der Waals surface area contributed by atoms with Gasteiger partial charge < -0.3 is 4.90 Å². The van der Waals surface area contributed by atoms with E-state index in [1.165, 1.54) is 20.3 Å². The van der Waals surface area contributed by atoms with Crippen LogP contribution in [-0.4, -0.2) is 6.04 Å². The Morgan fingerprint density at radius 1 is 1.17 bits per heavy atom. The van der Waals surface area contributed by atoms with Gasteiger partial charge in [-0.1, -0.05) is 66.9 Å². The zero-order valence-corrected chi connectivity index (χ0v) is 18.3. The van der Waals surface area contributed by atoms with Crippen LogP contribution in [0.4, 0.5) is 5.69 Å². The molecular weight excluding hydrogens is 482 g/mol. The average Bonchev–Trinajstić information content (AvgIpc) is 2.54. The van der Waals surface area contributed by atoms with E-state index in [1.807, 2.05) is 0 Å². The number of allylic oxidation sites excluding steroid dienone is 5. The number of rotatable bonds is 6. The van der Waals surface area contributed by atoms with Crippen LogP contribution in [0.15, 0.2) is 61.6 Å². The van der Waals surface area contributed by atoms with Crippen LogP contribution in [0.3, 0.4) is 0 Å². The predicted molar refractivity (Wildman–Crippen MR) is 112 cm³/mol. The zero-order valence-electron chi connectivity index (χ0n) is 13.5. The summed E-state index contributed by atoms with van der Waals surface area (Å²) < 4.78 is 3.60. The van der Waals surface area contributed by atoms with Crippen molar-refractivity contribution in [2.75, 3.05) is 4.90 Å². The molecule has 1 aliphatic rings. The summed E-state index contributed by atoms with van der Waals surface area (Å²) in [7, 11) is 0. The van der Waals surface area contributed by atoms with Crippen molar-refractivity contribution < 1.29 is 0 Å². The van der Waals surface area contributed by atoms with Gasteiger partial charge in [-0.25, -0.2) is 0 Å². The SMILES string of the molecule is CCC(C/C=C(\C)Br)N(C1=CC=C(Br)CC1)c1ccc(Br)cc1. The van der Waals surface area contributed by atoms with Gasteiger partial charge in [0, 0.05) is 21.9 Å². The molecule has 2 rings (SSSR count). The molecule has 1 aromatic rings. The first-order chi connectivity index (χ1) is 11.0. The Balaban J connectivity index is 2.37. The molecule has 1 unspecified atom stereocenters.